The van der Waals surface area contributed by atoms with Crippen molar-refractivity contribution < 1.29 is 19.0 Å². The molecule has 0 aromatic heterocycles. The van der Waals surface area contributed by atoms with Gasteiger partial charge in [-0.15, -0.1) is 0 Å². The van der Waals surface area contributed by atoms with E-state index in [4.69, 9.17) is 25.8 Å². The van der Waals surface area contributed by atoms with E-state index in [2.05, 4.69) is 11.0 Å². The van der Waals surface area contributed by atoms with E-state index in [-0.39, 0.29) is 12.7 Å². The largest absolute Gasteiger partial charge is 0.481 e. The summed E-state index contributed by atoms with van der Waals surface area (Å²) >= 11 is 6.22. The van der Waals surface area contributed by atoms with Crippen LogP contribution in [0, 0.1) is 13.8 Å². The predicted molar refractivity (Wildman–Crippen MR) is 115 cm³/mol. The van der Waals surface area contributed by atoms with Crippen LogP contribution in [0.25, 0.3) is 0 Å². The highest BCUT2D eigenvalue weighted by atomic mass is 35.5. The van der Waals surface area contributed by atoms with Gasteiger partial charge in [-0.2, -0.15) is 0 Å². The van der Waals surface area contributed by atoms with Gasteiger partial charge in [0.15, 0.2) is 17.6 Å². The molecule has 30 heavy (non-hydrogen) atoms. The van der Waals surface area contributed by atoms with Crippen LogP contribution in [0.1, 0.15) is 23.6 Å². The molecule has 1 fully saturated rings. The topological polar surface area (TPSA) is 51.2 Å². The molecule has 6 nitrogen and oxygen atoms in total. The van der Waals surface area contributed by atoms with Crippen molar-refractivity contribution in [1.29, 1.82) is 0 Å². The molecule has 160 valence electrons. The summed E-state index contributed by atoms with van der Waals surface area (Å²) in [7, 11) is 0. The normalized spacial score (nSPS) is 17.1. The zero-order chi connectivity index (χ0) is 21.3. The third-order valence-electron chi connectivity index (χ3n) is 5.60. The molecule has 0 bridgehead atoms. The van der Waals surface area contributed by atoms with Crippen molar-refractivity contribution in [1.82, 2.24) is 9.80 Å². The Morgan fingerprint density at radius 3 is 2.43 bits per heavy atom. The predicted octanol–water partition coefficient (Wildman–Crippen LogP) is 3.80. The summed E-state index contributed by atoms with van der Waals surface area (Å²) in [5, 5.41) is 0.736. The highest BCUT2D eigenvalue weighted by Crippen LogP contribution is 2.33. The molecule has 0 saturated carbocycles. The molecular weight excluding hydrogens is 404 g/mol. The summed E-state index contributed by atoms with van der Waals surface area (Å²) < 4.78 is 16.7. The molecule has 2 aromatic rings. The van der Waals surface area contributed by atoms with Crippen LogP contribution in [0.4, 0.5) is 0 Å². The molecule has 2 heterocycles. The van der Waals surface area contributed by atoms with Gasteiger partial charge in [-0.3, -0.25) is 9.69 Å². The molecule has 1 amide bonds. The molecule has 0 unspecified atom stereocenters. The van der Waals surface area contributed by atoms with E-state index in [1.807, 2.05) is 43.0 Å². The fraction of sp³-hybridized carbons (Fsp3) is 0.435. The number of nitrogens with zero attached hydrogens (tertiary/aromatic N) is 2. The Hall–Kier alpha value is -2.44. The first-order chi connectivity index (χ1) is 14.4. The highest BCUT2D eigenvalue weighted by Gasteiger charge is 2.26. The number of carbonyl (C=O) groups is 1. The number of carbonyl (C=O) groups excluding carboxylic acids is 1. The first kappa shape index (κ1) is 20.8. The molecular formula is C23H27ClN2O4. The minimum atomic E-state index is -0.537. The number of hydrogen-bond acceptors (Lipinski definition) is 5. The lowest BCUT2D eigenvalue weighted by molar-refractivity contribution is -0.139. The van der Waals surface area contributed by atoms with Crippen molar-refractivity contribution in [3.05, 3.63) is 52.0 Å². The van der Waals surface area contributed by atoms with Crippen LogP contribution in [0.5, 0.6) is 17.2 Å². The maximum absolute atomic E-state index is 12.9. The molecule has 7 heteroatoms. The van der Waals surface area contributed by atoms with Crippen molar-refractivity contribution in [2.24, 2.45) is 0 Å². The average molecular weight is 431 g/mol. The number of halogens is 1. The van der Waals surface area contributed by atoms with Gasteiger partial charge in [0.05, 0.1) is 0 Å². The summed E-state index contributed by atoms with van der Waals surface area (Å²) in [6, 6.07) is 9.81. The number of amides is 1. The summed E-state index contributed by atoms with van der Waals surface area (Å²) in [5.74, 6) is 2.30. The van der Waals surface area contributed by atoms with Crippen molar-refractivity contribution >= 4 is 17.5 Å². The van der Waals surface area contributed by atoms with E-state index >= 15 is 0 Å². The van der Waals surface area contributed by atoms with E-state index in [9.17, 15) is 4.79 Å². The second kappa shape index (κ2) is 8.74. The minimum absolute atomic E-state index is 0.0167. The van der Waals surface area contributed by atoms with E-state index in [1.54, 1.807) is 6.92 Å². The van der Waals surface area contributed by atoms with Gasteiger partial charge in [-0.1, -0.05) is 17.7 Å². The number of rotatable bonds is 5. The maximum Gasteiger partial charge on any atom is 0.263 e. The Balaban J connectivity index is 1.29. The fourth-order valence-electron chi connectivity index (χ4n) is 3.91. The van der Waals surface area contributed by atoms with Gasteiger partial charge in [0.2, 0.25) is 6.79 Å². The van der Waals surface area contributed by atoms with Gasteiger partial charge in [0, 0.05) is 37.7 Å². The van der Waals surface area contributed by atoms with Crippen LogP contribution in [0.3, 0.4) is 0 Å². The molecule has 4 rings (SSSR count). The van der Waals surface area contributed by atoms with Crippen molar-refractivity contribution in [2.75, 3.05) is 33.0 Å². The number of aryl methyl sites for hydroxylation is 2. The van der Waals surface area contributed by atoms with Gasteiger partial charge < -0.3 is 19.1 Å². The second-order valence-corrected chi connectivity index (χ2v) is 8.30. The van der Waals surface area contributed by atoms with Gasteiger partial charge in [-0.05, 0) is 61.7 Å². The smallest absolute Gasteiger partial charge is 0.263 e. The molecule has 1 atom stereocenters. The second-order valence-electron chi connectivity index (χ2n) is 7.92. The van der Waals surface area contributed by atoms with Crippen LogP contribution in [-0.4, -0.2) is 54.8 Å². The molecule has 2 aromatic carbocycles. The van der Waals surface area contributed by atoms with E-state index in [0.29, 0.717) is 18.8 Å². The number of fused-ring (bicyclic) bond motifs is 1. The van der Waals surface area contributed by atoms with Crippen molar-refractivity contribution in [3.8, 4) is 17.2 Å². The number of ether oxygens (including phenoxy) is 3. The minimum Gasteiger partial charge on any atom is -0.481 e. The summed E-state index contributed by atoms with van der Waals surface area (Å²) in [5.41, 5.74) is 3.08. The summed E-state index contributed by atoms with van der Waals surface area (Å²) in [6.07, 6.45) is -0.537. The lowest BCUT2D eigenvalue weighted by Crippen LogP contribution is -2.51. The molecule has 0 spiro atoms. The maximum atomic E-state index is 12.9. The van der Waals surface area contributed by atoms with Crippen LogP contribution in [-0.2, 0) is 11.3 Å². The first-order valence-corrected chi connectivity index (χ1v) is 10.6. The summed E-state index contributed by atoms with van der Waals surface area (Å²) in [4.78, 5) is 17.1. The first-order valence-electron chi connectivity index (χ1n) is 10.2. The Bertz CT molecular complexity index is 918. The lowest BCUT2D eigenvalue weighted by atomic mass is 10.1. The van der Waals surface area contributed by atoms with Gasteiger partial charge in [0.1, 0.15) is 5.75 Å². The monoisotopic (exact) mass is 430 g/mol. The highest BCUT2D eigenvalue weighted by molar-refractivity contribution is 6.32. The van der Waals surface area contributed by atoms with Gasteiger partial charge >= 0.3 is 0 Å². The van der Waals surface area contributed by atoms with Crippen molar-refractivity contribution in [2.45, 2.75) is 33.4 Å². The van der Waals surface area contributed by atoms with Crippen LogP contribution in [0.2, 0.25) is 5.02 Å². The van der Waals surface area contributed by atoms with E-state index in [1.165, 1.54) is 5.56 Å². The Kier molecular flexibility index (Phi) is 6.06. The molecule has 0 aliphatic carbocycles. The standard InChI is InChI=1S/C23H27ClN2O4/c1-15-10-19(11-16(2)22(15)24)30-17(3)23(27)26-8-6-25(7-9-26)13-18-4-5-20-21(12-18)29-14-28-20/h4-5,10-12,17H,6-9,13-14H2,1-3H3/t17-/m1/s1. The number of benzene rings is 2. The quantitative estimate of drug-likeness (QED) is 0.722. The number of hydrogen-bond donors (Lipinski definition) is 0. The molecule has 2 aliphatic heterocycles. The van der Waals surface area contributed by atoms with Crippen LogP contribution in [0.15, 0.2) is 30.3 Å². The fourth-order valence-corrected chi connectivity index (χ4v) is 4.02. The van der Waals surface area contributed by atoms with Gasteiger partial charge in [0.25, 0.3) is 5.91 Å². The Morgan fingerprint density at radius 2 is 1.73 bits per heavy atom. The summed E-state index contributed by atoms with van der Waals surface area (Å²) in [6.45, 7) is 9.83. The Labute approximate surface area is 182 Å². The van der Waals surface area contributed by atoms with E-state index < -0.39 is 6.10 Å². The third kappa shape index (κ3) is 4.50. The molecule has 2 aliphatic rings. The lowest BCUT2D eigenvalue weighted by Gasteiger charge is -2.36. The molecule has 0 N–H and O–H groups in total. The average Bonchev–Trinajstić information content (AvgIpc) is 3.20. The Morgan fingerprint density at radius 1 is 1.07 bits per heavy atom. The van der Waals surface area contributed by atoms with E-state index in [0.717, 1.165) is 47.3 Å². The zero-order valence-corrected chi connectivity index (χ0v) is 18.4. The van der Waals surface area contributed by atoms with Crippen LogP contribution < -0.4 is 14.2 Å². The number of piperazine rings is 1. The van der Waals surface area contributed by atoms with Gasteiger partial charge in [-0.25, -0.2) is 0 Å². The molecule has 0 radical (unpaired) electrons. The van der Waals surface area contributed by atoms with Crippen molar-refractivity contribution in [3.63, 3.8) is 0 Å². The third-order valence-corrected chi connectivity index (χ3v) is 6.19. The zero-order valence-electron chi connectivity index (χ0n) is 17.6. The van der Waals surface area contributed by atoms with Crippen LogP contribution >= 0.6 is 11.6 Å². The SMILES string of the molecule is Cc1cc(O[C@H](C)C(=O)N2CCN(Cc3ccc4c(c3)OCO4)CC2)cc(C)c1Cl. The molecule has 1 saturated heterocycles.